The van der Waals surface area contributed by atoms with Crippen molar-refractivity contribution >= 4 is 23.8 Å². The third-order valence-electron chi connectivity index (χ3n) is 5.15. The highest BCUT2D eigenvalue weighted by atomic mass is 35.5. The molecular weight excluding hydrogens is 448 g/mol. The van der Waals surface area contributed by atoms with Gasteiger partial charge in [-0.1, -0.05) is 23.7 Å². The van der Waals surface area contributed by atoms with E-state index in [-0.39, 0.29) is 40.8 Å². The maximum Gasteiger partial charge on any atom is 0.459 e. The molecule has 0 fully saturated rings. The molecule has 8 nitrogen and oxygen atoms in total. The Morgan fingerprint density at radius 2 is 1.94 bits per heavy atom. The normalized spacial score (nSPS) is 19.4. The molecule has 1 unspecified atom stereocenters. The number of fused-ring (bicyclic) bond motifs is 1. The van der Waals surface area contributed by atoms with E-state index >= 15 is 0 Å². The number of rotatable bonds is 4. The van der Waals surface area contributed by atoms with Crippen LogP contribution < -0.4 is 16.2 Å². The van der Waals surface area contributed by atoms with Gasteiger partial charge in [-0.15, -0.1) is 4.65 Å². The van der Waals surface area contributed by atoms with Gasteiger partial charge < -0.3 is 20.8 Å². The number of ether oxygens (including phenoxy) is 1. The largest absolute Gasteiger partial charge is 0.459 e. The number of primary amides is 2. The highest BCUT2D eigenvalue weighted by Crippen LogP contribution is 2.46. The first kappa shape index (κ1) is 22.7. The van der Waals surface area contributed by atoms with Crippen LogP contribution in [0.15, 0.2) is 24.3 Å². The van der Waals surface area contributed by atoms with Crippen molar-refractivity contribution in [1.82, 2.24) is 4.57 Å². The molecule has 1 aromatic carbocycles. The first-order valence-electron chi connectivity index (χ1n) is 8.92. The summed E-state index contributed by atoms with van der Waals surface area (Å²) in [6.45, 7) is -0.220. The zero-order valence-corrected chi connectivity index (χ0v) is 16.8. The molecule has 31 heavy (non-hydrogen) atoms. The fourth-order valence-corrected chi connectivity index (χ4v) is 4.03. The maximum absolute atomic E-state index is 13.8. The van der Waals surface area contributed by atoms with E-state index < -0.39 is 41.4 Å². The predicted octanol–water partition coefficient (Wildman–Crippen LogP) is 3.70. The van der Waals surface area contributed by atoms with Gasteiger partial charge in [0.1, 0.15) is 23.2 Å². The summed E-state index contributed by atoms with van der Waals surface area (Å²) in [6, 6.07) is 2.98. The van der Waals surface area contributed by atoms with E-state index in [4.69, 9.17) is 32.6 Å². The number of carbonyl (C=O) groups is 2. The molecule has 0 radical (unpaired) electrons. The number of halogens is 5. The van der Waals surface area contributed by atoms with Gasteiger partial charge in [-0.3, -0.25) is 4.84 Å². The minimum Gasteiger partial charge on any atom is -0.408 e. The minimum atomic E-state index is -4.75. The standard InChI is InChI=1S/C18H17ClF4N4O4/c1-9(18(21,22)23)27(31-17(25)29)6-5-26-12(8-27)14(30-16(24)28)13(15(26)19)10-3-2-4-11(20)7-10/h2-4,7,9H,5-6,8H2,1H3,(H3-,24,25,28,29)/p+1/t9-,27?/m0/s1. The summed E-state index contributed by atoms with van der Waals surface area (Å²) in [4.78, 5) is 27.9. The van der Waals surface area contributed by atoms with Crippen LogP contribution in [-0.4, -0.2) is 40.2 Å². The molecular formula is C18H18ClF4N4O4+. The lowest BCUT2D eigenvalue weighted by atomic mass is 10.1. The second kappa shape index (κ2) is 7.93. The summed E-state index contributed by atoms with van der Waals surface area (Å²) in [5.41, 5.74) is 10.5. The molecule has 2 amide bonds. The van der Waals surface area contributed by atoms with E-state index in [0.29, 0.717) is 0 Å². The second-order valence-electron chi connectivity index (χ2n) is 6.99. The Kier molecular flexibility index (Phi) is 5.80. The smallest absolute Gasteiger partial charge is 0.408 e. The van der Waals surface area contributed by atoms with E-state index in [1.165, 1.54) is 22.8 Å². The Hall–Kier alpha value is -2.99. The average Bonchev–Trinajstić information content (AvgIpc) is 2.90. The summed E-state index contributed by atoms with van der Waals surface area (Å²) in [5.74, 6) is -0.872. The summed E-state index contributed by atoms with van der Waals surface area (Å²) in [7, 11) is 0. The molecule has 0 spiro atoms. The molecule has 2 aromatic rings. The van der Waals surface area contributed by atoms with E-state index in [1.807, 2.05) is 0 Å². The third kappa shape index (κ3) is 4.26. The van der Waals surface area contributed by atoms with E-state index in [0.717, 1.165) is 13.0 Å². The molecule has 1 aliphatic heterocycles. The highest BCUT2D eigenvalue weighted by Gasteiger charge is 2.57. The summed E-state index contributed by atoms with van der Waals surface area (Å²) < 4.78 is 59.8. The maximum atomic E-state index is 13.8. The van der Waals surface area contributed by atoms with Gasteiger partial charge in [0.05, 0.1) is 12.1 Å². The van der Waals surface area contributed by atoms with Crippen LogP contribution >= 0.6 is 11.6 Å². The lowest BCUT2D eigenvalue weighted by Crippen LogP contribution is -2.63. The molecule has 2 atom stereocenters. The van der Waals surface area contributed by atoms with Crippen molar-refractivity contribution in [2.24, 2.45) is 11.5 Å². The summed E-state index contributed by atoms with van der Waals surface area (Å²) in [5, 5.41) is -0.00612. The molecule has 13 heteroatoms. The molecule has 1 aromatic heterocycles. The van der Waals surface area contributed by atoms with Crippen LogP contribution in [0.4, 0.5) is 27.2 Å². The van der Waals surface area contributed by atoms with Crippen LogP contribution in [0.3, 0.4) is 0 Å². The Balaban J connectivity index is 2.21. The number of benzene rings is 1. The number of carbonyl (C=O) groups excluding carboxylic acids is 2. The van der Waals surface area contributed by atoms with Gasteiger partial charge in [-0.05, 0) is 17.7 Å². The van der Waals surface area contributed by atoms with E-state index in [2.05, 4.69) is 0 Å². The number of amides is 2. The number of hydrogen-bond acceptors (Lipinski definition) is 4. The summed E-state index contributed by atoms with van der Waals surface area (Å²) in [6.07, 6.45) is -7.42. The molecule has 2 heterocycles. The molecule has 168 valence electrons. The first-order chi connectivity index (χ1) is 14.4. The van der Waals surface area contributed by atoms with Crippen LogP contribution in [-0.2, 0) is 17.9 Å². The van der Waals surface area contributed by atoms with Crippen molar-refractivity contribution < 1.29 is 41.4 Å². The van der Waals surface area contributed by atoms with Gasteiger partial charge >= 0.3 is 18.4 Å². The fraction of sp³-hybridized carbons (Fsp3) is 0.333. The van der Waals surface area contributed by atoms with Gasteiger partial charge in [0, 0.05) is 6.92 Å². The lowest BCUT2D eigenvalue weighted by molar-refractivity contribution is -1.12. The zero-order valence-electron chi connectivity index (χ0n) is 16.1. The number of nitrogens with two attached hydrogens (primary N) is 2. The van der Waals surface area contributed by atoms with Crippen LogP contribution in [0, 0.1) is 5.82 Å². The van der Waals surface area contributed by atoms with Gasteiger partial charge in [0.15, 0.2) is 12.3 Å². The van der Waals surface area contributed by atoms with E-state index in [1.54, 1.807) is 0 Å². The quantitative estimate of drug-likeness (QED) is 0.530. The van der Waals surface area contributed by atoms with Gasteiger partial charge in [-0.2, -0.15) is 13.2 Å². The molecule has 4 N–H and O–H groups in total. The number of nitrogens with zero attached hydrogens (tertiary/aromatic N) is 2. The van der Waals surface area contributed by atoms with Crippen LogP contribution in [0.1, 0.15) is 12.6 Å². The fourth-order valence-electron chi connectivity index (χ4n) is 3.64. The van der Waals surface area contributed by atoms with Gasteiger partial charge in [0.25, 0.3) is 0 Å². The lowest BCUT2D eigenvalue weighted by Gasteiger charge is -2.41. The van der Waals surface area contributed by atoms with E-state index in [9.17, 15) is 27.2 Å². The Labute approximate surface area is 178 Å². The Morgan fingerprint density at radius 1 is 1.26 bits per heavy atom. The SMILES string of the molecule is C[C@@H](C(F)(F)F)[N+]1(OC(N)=O)CCn2c(Cl)c(-c3cccc(F)c3)c(OC(N)=O)c2C1. The van der Waals surface area contributed by atoms with Crippen molar-refractivity contribution in [1.29, 1.82) is 0 Å². The number of alkyl halides is 3. The van der Waals surface area contributed by atoms with Crippen LogP contribution in [0.2, 0.25) is 5.15 Å². The van der Waals surface area contributed by atoms with Crippen molar-refractivity contribution in [3.8, 4) is 16.9 Å². The van der Waals surface area contributed by atoms with Gasteiger partial charge in [0.2, 0.25) is 6.04 Å². The Bertz CT molecular complexity index is 1040. The molecule has 0 saturated heterocycles. The Morgan fingerprint density at radius 3 is 2.48 bits per heavy atom. The van der Waals surface area contributed by atoms with Crippen molar-refractivity contribution in [3.05, 3.63) is 40.9 Å². The molecule has 0 saturated carbocycles. The van der Waals surface area contributed by atoms with Crippen LogP contribution in [0.5, 0.6) is 5.75 Å². The number of hydrogen-bond donors (Lipinski definition) is 2. The zero-order chi connectivity index (χ0) is 23.1. The summed E-state index contributed by atoms with van der Waals surface area (Å²) >= 11 is 6.43. The third-order valence-corrected chi connectivity index (χ3v) is 5.54. The topological polar surface area (TPSA) is 110 Å². The van der Waals surface area contributed by atoms with Crippen molar-refractivity contribution in [2.45, 2.75) is 32.2 Å². The minimum absolute atomic E-state index is 0.00612. The molecule has 1 aliphatic rings. The first-order valence-corrected chi connectivity index (χ1v) is 9.30. The van der Waals surface area contributed by atoms with Crippen molar-refractivity contribution in [2.75, 3.05) is 6.54 Å². The average molecular weight is 466 g/mol. The molecule has 3 rings (SSSR count). The number of quaternary nitrogens is 1. The molecule has 0 bridgehead atoms. The van der Waals surface area contributed by atoms with Crippen molar-refractivity contribution in [3.63, 3.8) is 0 Å². The second-order valence-corrected chi connectivity index (χ2v) is 7.34. The monoisotopic (exact) mass is 465 g/mol. The predicted molar refractivity (Wildman–Crippen MR) is 100 cm³/mol. The molecule has 0 aliphatic carbocycles. The van der Waals surface area contributed by atoms with Crippen LogP contribution in [0.25, 0.3) is 11.1 Å². The number of aromatic nitrogens is 1. The number of hydroxylamine groups is 3. The van der Waals surface area contributed by atoms with Gasteiger partial charge in [-0.25, -0.2) is 14.0 Å². The highest BCUT2D eigenvalue weighted by molar-refractivity contribution is 6.33.